The number of thiophene rings is 1. The maximum atomic E-state index is 5.64. The molecule has 0 aliphatic heterocycles. The van der Waals surface area contributed by atoms with E-state index in [1.54, 1.807) is 11.3 Å². The van der Waals surface area contributed by atoms with Gasteiger partial charge in [0.1, 0.15) is 0 Å². The van der Waals surface area contributed by atoms with Crippen molar-refractivity contribution in [1.82, 2.24) is 5.43 Å². The molecule has 3 N–H and O–H groups in total. The fraction of sp³-hybridized carbons (Fsp3) is 0.231. The Balaban J connectivity index is 2.01. The van der Waals surface area contributed by atoms with Gasteiger partial charge in [0, 0.05) is 15.4 Å². The predicted octanol–water partition coefficient (Wildman–Crippen LogP) is 3.89. The van der Waals surface area contributed by atoms with Crippen molar-refractivity contribution < 1.29 is 0 Å². The van der Waals surface area contributed by atoms with Gasteiger partial charge in [0.25, 0.3) is 0 Å². The van der Waals surface area contributed by atoms with Crippen molar-refractivity contribution in [2.75, 3.05) is 0 Å². The standard InChI is InChI=1S/C13H14Br2N2S/c14-10-3-1-2-9(6-10)7-11(17-16)8-12-4-5-13(15)18-12/h1-6,11,17H,7-8,16H2. The number of halogens is 2. The molecule has 0 spiro atoms. The summed E-state index contributed by atoms with van der Waals surface area (Å²) in [6, 6.07) is 12.8. The average molecular weight is 390 g/mol. The Morgan fingerprint density at radius 3 is 2.61 bits per heavy atom. The van der Waals surface area contributed by atoms with E-state index in [0.29, 0.717) is 0 Å². The summed E-state index contributed by atoms with van der Waals surface area (Å²) in [5.41, 5.74) is 4.18. The van der Waals surface area contributed by atoms with Crippen LogP contribution in [0.15, 0.2) is 44.7 Å². The summed E-state index contributed by atoms with van der Waals surface area (Å²) in [5.74, 6) is 5.64. The number of hydrogen-bond donors (Lipinski definition) is 2. The van der Waals surface area contributed by atoms with E-state index in [1.165, 1.54) is 10.4 Å². The fourth-order valence-corrected chi connectivity index (χ4v) is 3.85. The summed E-state index contributed by atoms with van der Waals surface area (Å²) in [4.78, 5) is 1.33. The van der Waals surface area contributed by atoms with Gasteiger partial charge in [0.05, 0.1) is 3.79 Å². The number of rotatable bonds is 5. The van der Waals surface area contributed by atoms with E-state index in [1.807, 2.05) is 6.07 Å². The molecular weight excluding hydrogens is 376 g/mol. The number of benzene rings is 1. The first kappa shape index (κ1) is 14.2. The Hall–Kier alpha value is -0.200. The highest BCUT2D eigenvalue weighted by atomic mass is 79.9. The lowest BCUT2D eigenvalue weighted by Crippen LogP contribution is -2.38. The topological polar surface area (TPSA) is 38.0 Å². The van der Waals surface area contributed by atoms with E-state index >= 15 is 0 Å². The van der Waals surface area contributed by atoms with E-state index < -0.39 is 0 Å². The van der Waals surface area contributed by atoms with Gasteiger partial charge in [-0.3, -0.25) is 11.3 Å². The lowest BCUT2D eigenvalue weighted by Gasteiger charge is -2.15. The monoisotopic (exact) mass is 388 g/mol. The molecular formula is C13H14Br2N2S. The third kappa shape index (κ3) is 4.17. The lowest BCUT2D eigenvalue weighted by molar-refractivity contribution is 0.525. The molecule has 2 nitrogen and oxygen atoms in total. The van der Waals surface area contributed by atoms with Crippen LogP contribution < -0.4 is 11.3 Å². The fourth-order valence-electron chi connectivity index (χ4n) is 1.84. The highest BCUT2D eigenvalue weighted by molar-refractivity contribution is 9.11. The van der Waals surface area contributed by atoms with Crippen molar-refractivity contribution in [2.45, 2.75) is 18.9 Å². The van der Waals surface area contributed by atoms with Crippen molar-refractivity contribution in [3.8, 4) is 0 Å². The number of nitrogens with two attached hydrogens (primary N) is 1. The molecule has 0 saturated carbocycles. The van der Waals surface area contributed by atoms with Crippen molar-refractivity contribution in [3.63, 3.8) is 0 Å². The van der Waals surface area contributed by atoms with Crippen LogP contribution in [0.25, 0.3) is 0 Å². The normalized spacial score (nSPS) is 12.6. The SMILES string of the molecule is NNC(Cc1cccc(Br)c1)Cc1ccc(Br)s1. The molecule has 0 radical (unpaired) electrons. The van der Waals surface area contributed by atoms with E-state index in [9.17, 15) is 0 Å². The molecule has 1 atom stereocenters. The van der Waals surface area contributed by atoms with Crippen LogP contribution >= 0.6 is 43.2 Å². The minimum Gasteiger partial charge on any atom is -0.271 e. The summed E-state index contributed by atoms with van der Waals surface area (Å²) in [6.07, 6.45) is 1.87. The van der Waals surface area contributed by atoms with Crippen LogP contribution in [0.4, 0.5) is 0 Å². The van der Waals surface area contributed by atoms with E-state index in [-0.39, 0.29) is 6.04 Å². The van der Waals surface area contributed by atoms with Crippen LogP contribution in [0.2, 0.25) is 0 Å². The maximum absolute atomic E-state index is 5.64. The zero-order valence-corrected chi connectivity index (χ0v) is 13.7. The summed E-state index contributed by atoms with van der Waals surface area (Å²) in [7, 11) is 0. The van der Waals surface area contributed by atoms with Gasteiger partial charge in [-0.05, 0) is 58.6 Å². The highest BCUT2D eigenvalue weighted by Gasteiger charge is 2.10. The first-order valence-corrected chi connectivity index (χ1v) is 8.02. The molecule has 96 valence electrons. The molecule has 1 aromatic heterocycles. The molecule has 0 aliphatic rings. The second-order valence-corrected chi connectivity index (χ2v) is 7.57. The first-order chi connectivity index (χ1) is 8.67. The zero-order chi connectivity index (χ0) is 13.0. The molecule has 1 heterocycles. The second-order valence-electron chi connectivity index (χ2n) is 4.11. The quantitative estimate of drug-likeness (QED) is 0.601. The first-order valence-electron chi connectivity index (χ1n) is 5.62. The van der Waals surface area contributed by atoms with Gasteiger partial charge >= 0.3 is 0 Å². The molecule has 0 amide bonds. The highest BCUT2D eigenvalue weighted by Crippen LogP contribution is 2.24. The van der Waals surface area contributed by atoms with Gasteiger partial charge < -0.3 is 0 Å². The van der Waals surface area contributed by atoms with E-state index in [4.69, 9.17) is 5.84 Å². The van der Waals surface area contributed by atoms with Gasteiger partial charge in [-0.25, -0.2) is 0 Å². The van der Waals surface area contributed by atoms with Crippen molar-refractivity contribution in [3.05, 3.63) is 55.1 Å². The number of nitrogens with one attached hydrogen (secondary N) is 1. The second kappa shape index (κ2) is 6.82. The van der Waals surface area contributed by atoms with Crippen LogP contribution in [0.1, 0.15) is 10.4 Å². The average Bonchev–Trinajstić information content (AvgIpc) is 2.74. The van der Waals surface area contributed by atoms with Gasteiger partial charge in [0.2, 0.25) is 0 Å². The van der Waals surface area contributed by atoms with Crippen molar-refractivity contribution >= 4 is 43.2 Å². The molecule has 1 unspecified atom stereocenters. The molecule has 0 fully saturated rings. The zero-order valence-electron chi connectivity index (χ0n) is 9.70. The van der Waals surface area contributed by atoms with Crippen molar-refractivity contribution in [2.24, 2.45) is 5.84 Å². The predicted molar refractivity (Wildman–Crippen MR) is 84.7 cm³/mol. The Labute approximate surface area is 128 Å². The van der Waals surface area contributed by atoms with Crippen LogP contribution in [0.5, 0.6) is 0 Å². The van der Waals surface area contributed by atoms with Crippen molar-refractivity contribution in [1.29, 1.82) is 0 Å². The van der Waals surface area contributed by atoms with Gasteiger partial charge in [0.15, 0.2) is 0 Å². The Kier molecular flexibility index (Phi) is 5.38. The molecule has 1 aromatic carbocycles. The summed E-state index contributed by atoms with van der Waals surface area (Å²) >= 11 is 8.73. The molecule has 0 saturated heterocycles. The molecule has 2 aromatic rings. The Bertz CT molecular complexity index is 513. The Morgan fingerprint density at radius 1 is 1.17 bits per heavy atom. The largest absolute Gasteiger partial charge is 0.271 e. The summed E-state index contributed by atoms with van der Waals surface area (Å²) in [5, 5.41) is 0. The Morgan fingerprint density at radius 2 is 2.00 bits per heavy atom. The smallest absolute Gasteiger partial charge is 0.0701 e. The molecule has 0 bridgehead atoms. The van der Waals surface area contributed by atoms with Gasteiger partial charge in [-0.15, -0.1) is 11.3 Å². The van der Waals surface area contributed by atoms with Crippen LogP contribution in [0.3, 0.4) is 0 Å². The molecule has 5 heteroatoms. The molecule has 18 heavy (non-hydrogen) atoms. The van der Waals surface area contributed by atoms with Gasteiger partial charge in [-0.2, -0.15) is 0 Å². The van der Waals surface area contributed by atoms with E-state index in [0.717, 1.165) is 21.1 Å². The van der Waals surface area contributed by atoms with Gasteiger partial charge in [-0.1, -0.05) is 28.1 Å². The molecule has 2 rings (SSSR count). The van der Waals surface area contributed by atoms with Crippen LogP contribution in [-0.2, 0) is 12.8 Å². The molecule has 0 aliphatic carbocycles. The van der Waals surface area contributed by atoms with E-state index in [2.05, 4.69) is 67.6 Å². The summed E-state index contributed by atoms with van der Waals surface area (Å²) in [6.45, 7) is 0. The minimum absolute atomic E-state index is 0.254. The lowest BCUT2D eigenvalue weighted by atomic mass is 10.0. The third-order valence-electron chi connectivity index (χ3n) is 2.68. The number of hydrogen-bond acceptors (Lipinski definition) is 3. The summed E-state index contributed by atoms with van der Waals surface area (Å²) < 4.78 is 2.27. The number of hydrazine groups is 1. The van der Waals surface area contributed by atoms with Crippen LogP contribution in [0, 0.1) is 0 Å². The third-order valence-corrected chi connectivity index (χ3v) is 4.82. The minimum atomic E-state index is 0.254. The maximum Gasteiger partial charge on any atom is 0.0701 e. The van der Waals surface area contributed by atoms with Crippen LogP contribution in [-0.4, -0.2) is 6.04 Å².